The number of nitrogens with one attached hydrogen (secondary N) is 2. The molecule has 0 bridgehead atoms. The molecular formula is C15H15IN4O. The van der Waals surface area contributed by atoms with Gasteiger partial charge in [-0.2, -0.15) is 0 Å². The number of amides is 1. The smallest absolute Gasteiger partial charge is 0.255 e. The van der Waals surface area contributed by atoms with Gasteiger partial charge in [0.2, 0.25) is 0 Å². The van der Waals surface area contributed by atoms with Crippen LogP contribution in [0, 0.1) is 3.57 Å². The zero-order chi connectivity index (χ0) is 14.8. The molecule has 0 fully saturated rings. The van der Waals surface area contributed by atoms with Crippen LogP contribution >= 0.6 is 20.7 Å². The number of nitrogens with two attached hydrogens (primary N) is 1. The van der Waals surface area contributed by atoms with Gasteiger partial charge >= 0.3 is 0 Å². The lowest BCUT2D eigenvalue weighted by Crippen LogP contribution is -2.13. The molecule has 0 saturated heterocycles. The molecule has 2 aromatic rings. The Morgan fingerprint density at radius 2 is 2.10 bits per heavy atom. The molecule has 4 N–H and O–H groups in total. The number of halogens is 1. The number of aromatic nitrogens is 1. The molecular weight excluding hydrogens is 379 g/mol. The van der Waals surface area contributed by atoms with Crippen LogP contribution in [-0.4, -0.2) is 15.0 Å². The number of anilines is 2. The molecule has 6 heteroatoms. The maximum absolute atomic E-state index is 12.3. The summed E-state index contributed by atoms with van der Waals surface area (Å²) in [6.07, 6.45) is 1.70. The molecule has 0 radical (unpaired) electrons. The zero-order valence-electron chi connectivity index (χ0n) is 11.4. The minimum atomic E-state index is -0.245. The van der Waals surface area contributed by atoms with Crippen LogP contribution in [0.1, 0.15) is 28.9 Å². The third-order valence-corrected chi connectivity index (χ3v) is 5.53. The van der Waals surface area contributed by atoms with E-state index < -0.39 is 0 Å². The molecule has 1 atom stereocenters. The fourth-order valence-electron chi connectivity index (χ4n) is 2.02. The van der Waals surface area contributed by atoms with E-state index in [9.17, 15) is 4.79 Å². The van der Waals surface area contributed by atoms with Gasteiger partial charge in [-0.25, -0.2) is 4.98 Å². The van der Waals surface area contributed by atoms with Crippen LogP contribution in [0.4, 0.5) is 11.5 Å². The zero-order valence-corrected chi connectivity index (χ0v) is 13.6. The highest BCUT2D eigenvalue weighted by Gasteiger charge is 2.14. The summed E-state index contributed by atoms with van der Waals surface area (Å²) in [4.78, 5) is 16.6. The monoisotopic (exact) mass is 394 g/mol. The van der Waals surface area contributed by atoms with Crippen LogP contribution in [0.3, 0.4) is 0 Å². The van der Waals surface area contributed by atoms with E-state index in [0.29, 0.717) is 5.56 Å². The minimum Gasteiger partial charge on any atom is -0.341 e. The second kappa shape index (κ2) is 5.90. The first-order chi connectivity index (χ1) is 10.1. The van der Waals surface area contributed by atoms with E-state index in [0.717, 1.165) is 20.6 Å². The predicted octanol–water partition coefficient (Wildman–Crippen LogP) is 2.68. The van der Waals surface area contributed by atoms with Crippen molar-refractivity contribution in [2.75, 3.05) is 10.6 Å². The summed E-state index contributed by atoms with van der Waals surface area (Å²) in [5, 5.41) is 6.09. The fourth-order valence-corrected chi connectivity index (χ4v) is 4.02. The van der Waals surface area contributed by atoms with Gasteiger partial charge in [-0.1, -0.05) is 32.9 Å². The number of rotatable bonds is 3. The molecule has 0 unspecified atom stereocenters. The van der Waals surface area contributed by atoms with Crippen LogP contribution in [0.25, 0.3) is 0 Å². The lowest BCUT2D eigenvalue weighted by molar-refractivity contribution is 0.102. The number of carbonyl (C=O) groups excluding carboxylic acids is 1. The number of nitrogens with zero attached hydrogens (tertiary/aromatic N) is 1. The number of hydrogen-bond acceptors (Lipinski definition) is 4. The Labute approximate surface area is 132 Å². The largest absolute Gasteiger partial charge is 0.341 e. The average Bonchev–Trinajstić information content (AvgIpc) is 2.97. The van der Waals surface area contributed by atoms with E-state index in [-0.39, 0.29) is 32.7 Å². The van der Waals surface area contributed by atoms with Gasteiger partial charge in [-0.05, 0) is 30.7 Å². The van der Waals surface area contributed by atoms with Crippen molar-refractivity contribution in [3.63, 3.8) is 0 Å². The Hall–Kier alpha value is -1.80. The standard InChI is InChI=1S/C15H15IN4O/c1-9(17)10-2-4-11(5-3-10)15(21)20-12-6-7-18-14-13(12)16-8-19-14/h2-9H,17H2,1H3,(H2,18,19,20,21)/t9-/m1/s1. The maximum Gasteiger partial charge on any atom is 0.255 e. The number of benzene rings is 1. The second-order valence-corrected chi connectivity index (χ2v) is 7.07. The lowest BCUT2D eigenvalue weighted by Gasteiger charge is -2.10. The van der Waals surface area contributed by atoms with E-state index in [1.807, 2.05) is 29.3 Å². The van der Waals surface area contributed by atoms with Crippen LogP contribution in [-0.2, 0) is 0 Å². The van der Waals surface area contributed by atoms with Crippen LogP contribution in [0.15, 0.2) is 36.5 Å². The Balaban J connectivity index is 1.81. The Bertz CT molecular complexity index is 710. The first-order valence-corrected chi connectivity index (χ1v) is 8.85. The van der Waals surface area contributed by atoms with Gasteiger partial charge in [-0.3, -0.25) is 4.79 Å². The molecule has 1 aromatic heterocycles. The Morgan fingerprint density at radius 3 is 2.81 bits per heavy atom. The van der Waals surface area contributed by atoms with Crippen molar-refractivity contribution >= 4 is 42.3 Å². The second-order valence-electron chi connectivity index (χ2n) is 4.75. The number of carbonyl (C=O) groups is 1. The molecule has 1 amide bonds. The average molecular weight is 394 g/mol. The summed E-state index contributed by atoms with van der Waals surface area (Å²) < 4.78 is 3.15. The SMILES string of the molecule is C[C@@H](N)c1ccc(C(=O)Nc2ccnc3c2I=CN3)cc1. The highest BCUT2D eigenvalue weighted by Crippen LogP contribution is 2.31. The van der Waals surface area contributed by atoms with Gasteiger partial charge in [-0.15, -0.1) is 0 Å². The van der Waals surface area contributed by atoms with Crippen LogP contribution in [0.5, 0.6) is 0 Å². The molecule has 1 aliphatic rings. The van der Waals surface area contributed by atoms with Gasteiger partial charge < -0.3 is 16.4 Å². The van der Waals surface area contributed by atoms with E-state index in [1.165, 1.54) is 0 Å². The Kier molecular flexibility index (Phi) is 3.98. The number of fused-ring (bicyclic) bond motifs is 1. The summed E-state index contributed by atoms with van der Waals surface area (Å²) in [5.41, 5.74) is 8.29. The third-order valence-electron chi connectivity index (χ3n) is 3.19. The Morgan fingerprint density at radius 1 is 1.33 bits per heavy atom. The van der Waals surface area contributed by atoms with Crippen molar-refractivity contribution in [1.29, 1.82) is 0 Å². The van der Waals surface area contributed by atoms with Gasteiger partial charge in [0.15, 0.2) is 0 Å². The summed E-state index contributed by atoms with van der Waals surface area (Å²) in [7, 11) is 0. The van der Waals surface area contributed by atoms with E-state index in [1.54, 1.807) is 18.3 Å². The summed E-state index contributed by atoms with van der Waals surface area (Å²) >= 11 is -0.245. The fraction of sp³-hybridized carbons (Fsp3) is 0.133. The van der Waals surface area contributed by atoms with E-state index in [2.05, 4.69) is 15.6 Å². The van der Waals surface area contributed by atoms with Crippen molar-refractivity contribution in [1.82, 2.24) is 4.98 Å². The highest BCUT2D eigenvalue weighted by molar-refractivity contribution is 14.2. The number of hydrogen-bond donors (Lipinski definition) is 3. The van der Waals surface area contributed by atoms with Crippen molar-refractivity contribution in [3.05, 3.63) is 51.2 Å². The van der Waals surface area contributed by atoms with Gasteiger partial charge in [0, 0.05) is 21.9 Å². The molecule has 2 heterocycles. The van der Waals surface area contributed by atoms with Gasteiger partial charge in [0.1, 0.15) is 5.82 Å². The van der Waals surface area contributed by atoms with Crippen LogP contribution in [0.2, 0.25) is 0 Å². The van der Waals surface area contributed by atoms with Crippen LogP contribution < -0.4 is 16.4 Å². The normalized spacial score (nSPS) is 13.8. The molecule has 3 rings (SSSR count). The molecule has 0 saturated carbocycles. The quantitative estimate of drug-likeness (QED) is 0.700. The topological polar surface area (TPSA) is 80.0 Å². The number of pyridine rings is 1. The minimum absolute atomic E-state index is 0.0306. The van der Waals surface area contributed by atoms with Crippen molar-refractivity contribution in [2.24, 2.45) is 5.73 Å². The van der Waals surface area contributed by atoms with E-state index >= 15 is 0 Å². The first-order valence-electron chi connectivity index (χ1n) is 6.52. The summed E-state index contributed by atoms with van der Waals surface area (Å²) in [6, 6.07) is 9.19. The molecule has 1 aliphatic heterocycles. The molecule has 1 aromatic carbocycles. The predicted molar refractivity (Wildman–Crippen MR) is 93.6 cm³/mol. The molecule has 108 valence electrons. The molecule has 0 aliphatic carbocycles. The molecule has 5 nitrogen and oxygen atoms in total. The molecule has 21 heavy (non-hydrogen) atoms. The summed E-state index contributed by atoms with van der Waals surface area (Å²) in [5.74, 6) is 0.739. The lowest BCUT2D eigenvalue weighted by atomic mass is 10.1. The third kappa shape index (κ3) is 2.96. The molecule has 0 spiro atoms. The maximum atomic E-state index is 12.3. The van der Waals surface area contributed by atoms with Crippen molar-refractivity contribution in [2.45, 2.75) is 13.0 Å². The van der Waals surface area contributed by atoms with Gasteiger partial charge in [0.25, 0.3) is 5.91 Å². The highest BCUT2D eigenvalue weighted by atomic mass is 127. The van der Waals surface area contributed by atoms with Crippen molar-refractivity contribution in [3.8, 4) is 0 Å². The first kappa shape index (κ1) is 14.2. The summed E-state index contributed by atoms with van der Waals surface area (Å²) in [6.45, 7) is 1.92. The van der Waals surface area contributed by atoms with Gasteiger partial charge in [0.05, 0.1) is 9.26 Å². The van der Waals surface area contributed by atoms with Crippen molar-refractivity contribution < 1.29 is 4.79 Å². The van der Waals surface area contributed by atoms with E-state index in [4.69, 9.17) is 5.73 Å².